The minimum absolute atomic E-state index is 0.330. The third-order valence-corrected chi connectivity index (χ3v) is 5.81. The third kappa shape index (κ3) is 3.79. The monoisotopic (exact) mass is 387 g/mol. The topological polar surface area (TPSA) is 87.2 Å². The molecule has 0 spiro atoms. The lowest BCUT2D eigenvalue weighted by atomic mass is 10.2. The van der Waals surface area contributed by atoms with E-state index in [1.165, 1.54) is 11.3 Å². The molecule has 2 fully saturated rings. The lowest BCUT2D eigenvalue weighted by Crippen LogP contribution is -2.28. The van der Waals surface area contributed by atoms with E-state index in [4.69, 9.17) is 4.98 Å². The van der Waals surface area contributed by atoms with Gasteiger partial charge in [-0.25, -0.2) is 4.98 Å². The Hall–Kier alpha value is -2.23. The van der Waals surface area contributed by atoms with Gasteiger partial charge in [0, 0.05) is 35.5 Å². The van der Waals surface area contributed by atoms with E-state index in [-0.39, 0.29) is 11.1 Å². The first-order valence-corrected chi connectivity index (χ1v) is 10.00. The van der Waals surface area contributed by atoms with Crippen LogP contribution >= 0.6 is 23.1 Å². The molecule has 0 saturated carbocycles. The Bertz CT molecular complexity index is 872. The van der Waals surface area contributed by atoms with E-state index in [0.29, 0.717) is 4.91 Å². The molecule has 4 rings (SSSR count). The Morgan fingerprint density at radius 2 is 2.12 bits per heavy atom. The summed E-state index contributed by atoms with van der Waals surface area (Å²) in [7, 11) is 0. The molecule has 26 heavy (non-hydrogen) atoms. The maximum atomic E-state index is 11.7. The second-order valence-corrected chi connectivity index (χ2v) is 7.90. The molecule has 0 aliphatic carbocycles. The fraction of sp³-hybridized carbons (Fsp3) is 0.294. The van der Waals surface area contributed by atoms with Crippen LogP contribution in [0.4, 0.5) is 10.6 Å². The van der Waals surface area contributed by atoms with E-state index >= 15 is 0 Å². The number of amides is 2. The number of hydrogen-bond donors (Lipinski definition) is 2. The summed E-state index contributed by atoms with van der Waals surface area (Å²) < 4.78 is 0. The lowest BCUT2D eigenvalue weighted by molar-refractivity contribution is -0.115. The van der Waals surface area contributed by atoms with Crippen molar-refractivity contribution in [2.45, 2.75) is 6.42 Å². The molecule has 9 heteroatoms. The van der Waals surface area contributed by atoms with Crippen LogP contribution in [-0.2, 0) is 4.79 Å². The Kier molecular flexibility index (Phi) is 5.00. The highest BCUT2D eigenvalue weighted by Gasteiger charge is 2.25. The first kappa shape index (κ1) is 17.2. The first-order valence-electron chi connectivity index (χ1n) is 8.30. The van der Waals surface area contributed by atoms with E-state index < -0.39 is 0 Å². The zero-order valence-corrected chi connectivity index (χ0v) is 15.5. The highest BCUT2D eigenvalue weighted by molar-refractivity contribution is 8.18. The quantitative estimate of drug-likeness (QED) is 0.782. The van der Waals surface area contributed by atoms with Gasteiger partial charge in [0.15, 0.2) is 0 Å². The number of anilines is 1. The summed E-state index contributed by atoms with van der Waals surface area (Å²) in [5.74, 6) is 0.542. The van der Waals surface area contributed by atoms with Crippen LogP contribution < -0.4 is 15.5 Å². The Balaban J connectivity index is 1.56. The van der Waals surface area contributed by atoms with Crippen LogP contribution in [0.5, 0.6) is 0 Å². The number of thioether (sulfide) groups is 1. The van der Waals surface area contributed by atoms with Gasteiger partial charge in [0.2, 0.25) is 0 Å². The largest absolute Gasteiger partial charge is 0.354 e. The predicted octanol–water partition coefficient (Wildman–Crippen LogP) is 2.33. The number of imide groups is 1. The van der Waals surface area contributed by atoms with Crippen molar-refractivity contribution in [1.82, 2.24) is 20.6 Å². The van der Waals surface area contributed by atoms with Gasteiger partial charge in [0.05, 0.1) is 23.0 Å². The van der Waals surface area contributed by atoms with Crippen LogP contribution in [0.3, 0.4) is 0 Å². The minimum Gasteiger partial charge on any atom is -0.354 e. The van der Waals surface area contributed by atoms with E-state index in [0.717, 1.165) is 66.3 Å². The zero-order valence-electron chi connectivity index (χ0n) is 13.9. The zero-order chi connectivity index (χ0) is 17.9. The Morgan fingerprint density at radius 3 is 2.96 bits per heavy atom. The van der Waals surface area contributed by atoms with Crippen molar-refractivity contribution in [3.8, 4) is 11.3 Å². The normalized spacial score (nSPS) is 19.7. The molecule has 2 aliphatic heterocycles. The van der Waals surface area contributed by atoms with Gasteiger partial charge < -0.3 is 10.2 Å². The van der Waals surface area contributed by atoms with Crippen molar-refractivity contribution < 1.29 is 9.59 Å². The summed E-state index contributed by atoms with van der Waals surface area (Å²) in [6.45, 7) is 3.85. The van der Waals surface area contributed by atoms with Gasteiger partial charge in [-0.15, -0.1) is 11.3 Å². The average Bonchev–Trinajstić information content (AvgIpc) is 3.11. The van der Waals surface area contributed by atoms with Crippen molar-refractivity contribution in [3.63, 3.8) is 0 Å². The third-order valence-electron chi connectivity index (χ3n) is 4.12. The fourth-order valence-corrected chi connectivity index (χ4v) is 4.42. The van der Waals surface area contributed by atoms with E-state index in [9.17, 15) is 9.59 Å². The van der Waals surface area contributed by atoms with Gasteiger partial charge in [0.25, 0.3) is 11.1 Å². The number of nitrogens with one attached hydrogen (secondary N) is 2. The minimum atomic E-state index is -0.341. The SMILES string of the molecule is O=C1NC(=O)/C(=C/c2cc(-c3cncc(N4CCCNCC4)n3)cs2)S1. The van der Waals surface area contributed by atoms with Crippen LogP contribution in [0.15, 0.2) is 28.7 Å². The summed E-state index contributed by atoms with van der Waals surface area (Å²) in [5.41, 5.74) is 1.76. The van der Waals surface area contributed by atoms with Crippen molar-refractivity contribution >= 4 is 46.1 Å². The van der Waals surface area contributed by atoms with Gasteiger partial charge >= 0.3 is 0 Å². The second kappa shape index (κ2) is 7.56. The molecule has 0 atom stereocenters. The molecule has 2 aliphatic rings. The average molecular weight is 387 g/mol. The van der Waals surface area contributed by atoms with Crippen LogP contribution in [-0.4, -0.2) is 47.3 Å². The number of thiophene rings is 1. The fourth-order valence-electron chi connectivity index (χ4n) is 2.84. The van der Waals surface area contributed by atoms with E-state index in [1.54, 1.807) is 18.5 Å². The molecule has 134 valence electrons. The highest BCUT2D eigenvalue weighted by atomic mass is 32.2. The summed E-state index contributed by atoms with van der Waals surface area (Å²) in [4.78, 5) is 35.6. The molecule has 0 aromatic carbocycles. The molecule has 7 nitrogen and oxygen atoms in total. The molecular weight excluding hydrogens is 370 g/mol. The van der Waals surface area contributed by atoms with E-state index in [2.05, 4.69) is 20.5 Å². The molecule has 2 amide bonds. The summed E-state index contributed by atoms with van der Waals surface area (Å²) in [6, 6.07) is 1.96. The van der Waals surface area contributed by atoms with Crippen LogP contribution in [0.25, 0.3) is 17.3 Å². The van der Waals surface area contributed by atoms with Crippen molar-refractivity contribution in [2.75, 3.05) is 31.1 Å². The number of nitrogens with zero attached hydrogens (tertiary/aromatic N) is 3. The molecular formula is C17H17N5O2S2. The van der Waals surface area contributed by atoms with Gasteiger partial charge in [-0.3, -0.25) is 19.9 Å². The van der Waals surface area contributed by atoms with Crippen molar-refractivity contribution in [3.05, 3.63) is 33.6 Å². The molecule has 2 N–H and O–H groups in total. The van der Waals surface area contributed by atoms with Crippen molar-refractivity contribution in [1.29, 1.82) is 0 Å². The highest BCUT2D eigenvalue weighted by Crippen LogP contribution is 2.30. The Morgan fingerprint density at radius 1 is 1.19 bits per heavy atom. The van der Waals surface area contributed by atoms with Crippen LogP contribution in [0, 0.1) is 0 Å². The summed E-state index contributed by atoms with van der Waals surface area (Å²) in [6.07, 6.45) is 6.37. The molecule has 2 aromatic heterocycles. The van der Waals surface area contributed by atoms with Crippen LogP contribution in [0.2, 0.25) is 0 Å². The van der Waals surface area contributed by atoms with Gasteiger partial charge in [0.1, 0.15) is 5.82 Å². The molecule has 2 aromatic rings. The first-order chi connectivity index (χ1) is 12.7. The molecule has 0 radical (unpaired) electrons. The number of carbonyl (C=O) groups excluding carboxylic acids is 2. The summed E-state index contributed by atoms with van der Waals surface area (Å²) in [5, 5.41) is 7.31. The Labute approximate surface area is 158 Å². The molecule has 2 saturated heterocycles. The number of hydrogen-bond acceptors (Lipinski definition) is 8. The van der Waals surface area contributed by atoms with Crippen molar-refractivity contribution in [2.24, 2.45) is 0 Å². The van der Waals surface area contributed by atoms with Crippen LogP contribution in [0.1, 0.15) is 11.3 Å². The molecule has 4 heterocycles. The standard InChI is InChI=1S/C17H17N5O2S2/c23-16-14(26-17(24)21-16)7-12-6-11(10-25-12)13-8-19-9-15(20-13)22-4-1-2-18-3-5-22/h6-10,18H,1-5H2,(H,21,23,24)/b14-7-. The second-order valence-electron chi connectivity index (χ2n) is 5.94. The van der Waals surface area contributed by atoms with E-state index in [1.807, 2.05) is 11.4 Å². The van der Waals surface area contributed by atoms with Gasteiger partial charge in [-0.1, -0.05) is 0 Å². The lowest BCUT2D eigenvalue weighted by Gasteiger charge is -2.20. The molecule has 0 unspecified atom stereocenters. The van der Waals surface area contributed by atoms with Gasteiger partial charge in [-0.2, -0.15) is 0 Å². The van der Waals surface area contributed by atoms with Gasteiger partial charge in [-0.05, 0) is 36.9 Å². The number of aromatic nitrogens is 2. The predicted molar refractivity (Wildman–Crippen MR) is 104 cm³/mol. The maximum Gasteiger partial charge on any atom is 0.290 e. The maximum absolute atomic E-state index is 11.7. The summed E-state index contributed by atoms with van der Waals surface area (Å²) >= 11 is 2.43. The number of carbonyl (C=O) groups is 2. The smallest absolute Gasteiger partial charge is 0.290 e. The molecule has 0 bridgehead atoms. The number of rotatable bonds is 3.